The molecule has 1 heterocycles. The van der Waals surface area contributed by atoms with Crippen molar-refractivity contribution in [3.05, 3.63) is 48.3 Å². The van der Waals surface area contributed by atoms with Crippen molar-refractivity contribution in [3.63, 3.8) is 0 Å². The van der Waals surface area contributed by atoms with Crippen LogP contribution in [-0.4, -0.2) is 25.4 Å². The number of aromatic nitrogens is 1. The molecular formula is C14H15N3O2. The fourth-order valence-corrected chi connectivity index (χ4v) is 1.54. The van der Waals surface area contributed by atoms with E-state index in [9.17, 15) is 0 Å². The quantitative estimate of drug-likeness (QED) is 0.660. The predicted molar refractivity (Wildman–Crippen MR) is 75.0 cm³/mol. The van der Waals surface area contributed by atoms with Crippen molar-refractivity contribution in [3.8, 4) is 11.5 Å². The molecule has 0 radical (unpaired) electrons. The summed E-state index contributed by atoms with van der Waals surface area (Å²) >= 11 is 0. The second-order valence-corrected chi connectivity index (χ2v) is 3.72. The van der Waals surface area contributed by atoms with E-state index in [4.69, 9.17) is 9.47 Å². The van der Waals surface area contributed by atoms with Gasteiger partial charge in [0.1, 0.15) is 0 Å². The number of benzene rings is 1. The van der Waals surface area contributed by atoms with Crippen LogP contribution >= 0.6 is 0 Å². The predicted octanol–water partition coefficient (Wildman–Crippen LogP) is 2.54. The van der Waals surface area contributed by atoms with Crippen molar-refractivity contribution >= 4 is 11.9 Å². The van der Waals surface area contributed by atoms with E-state index in [0.717, 1.165) is 11.3 Å². The van der Waals surface area contributed by atoms with Crippen LogP contribution in [0.25, 0.3) is 0 Å². The SMILES string of the molecule is COc1ccc(/C=N/Nc2ccncc2)cc1OC. The number of pyridine rings is 1. The monoisotopic (exact) mass is 257 g/mol. The van der Waals surface area contributed by atoms with Crippen molar-refractivity contribution in [2.45, 2.75) is 0 Å². The number of hydrogen-bond donors (Lipinski definition) is 1. The summed E-state index contributed by atoms with van der Waals surface area (Å²) in [6.45, 7) is 0. The lowest BCUT2D eigenvalue weighted by molar-refractivity contribution is 0.355. The highest BCUT2D eigenvalue weighted by Crippen LogP contribution is 2.26. The van der Waals surface area contributed by atoms with E-state index in [2.05, 4.69) is 15.5 Å². The number of ether oxygens (including phenoxy) is 2. The summed E-state index contributed by atoms with van der Waals surface area (Å²) in [6, 6.07) is 9.28. The number of hydrazone groups is 1. The first kappa shape index (κ1) is 12.9. The molecule has 1 N–H and O–H groups in total. The zero-order chi connectivity index (χ0) is 13.5. The summed E-state index contributed by atoms with van der Waals surface area (Å²) < 4.78 is 10.4. The van der Waals surface area contributed by atoms with Crippen LogP contribution in [0.3, 0.4) is 0 Å². The lowest BCUT2D eigenvalue weighted by Gasteiger charge is -2.07. The highest BCUT2D eigenvalue weighted by Gasteiger charge is 2.02. The van der Waals surface area contributed by atoms with Crippen molar-refractivity contribution in [2.24, 2.45) is 5.10 Å². The van der Waals surface area contributed by atoms with Crippen LogP contribution < -0.4 is 14.9 Å². The normalized spacial score (nSPS) is 10.4. The molecule has 0 unspecified atom stereocenters. The van der Waals surface area contributed by atoms with Crippen LogP contribution in [-0.2, 0) is 0 Å². The molecule has 1 aromatic heterocycles. The Morgan fingerprint density at radius 2 is 1.79 bits per heavy atom. The molecule has 0 aliphatic heterocycles. The van der Waals surface area contributed by atoms with Crippen molar-refractivity contribution in [2.75, 3.05) is 19.6 Å². The topological polar surface area (TPSA) is 55.7 Å². The van der Waals surface area contributed by atoms with E-state index in [1.165, 1.54) is 0 Å². The number of anilines is 1. The largest absolute Gasteiger partial charge is 0.493 e. The van der Waals surface area contributed by atoms with Gasteiger partial charge in [-0.15, -0.1) is 0 Å². The number of hydrogen-bond acceptors (Lipinski definition) is 5. The summed E-state index contributed by atoms with van der Waals surface area (Å²) in [6.07, 6.45) is 5.12. The Morgan fingerprint density at radius 3 is 2.47 bits per heavy atom. The van der Waals surface area contributed by atoms with Crippen LogP contribution in [0, 0.1) is 0 Å². The van der Waals surface area contributed by atoms with E-state index in [-0.39, 0.29) is 0 Å². The second-order valence-electron chi connectivity index (χ2n) is 3.72. The second kappa shape index (κ2) is 6.39. The van der Waals surface area contributed by atoms with Crippen LogP contribution in [0.2, 0.25) is 0 Å². The van der Waals surface area contributed by atoms with Gasteiger partial charge in [0.15, 0.2) is 11.5 Å². The molecular weight excluding hydrogens is 242 g/mol. The molecule has 0 fully saturated rings. The fraction of sp³-hybridized carbons (Fsp3) is 0.143. The minimum absolute atomic E-state index is 0.676. The summed E-state index contributed by atoms with van der Waals surface area (Å²) in [5, 5.41) is 4.14. The van der Waals surface area contributed by atoms with Gasteiger partial charge in [-0.25, -0.2) is 0 Å². The van der Waals surface area contributed by atoms with Gasteiger partial charge in [-0.2, -0.15) is 5.10 Å². The highest BCUT2D eigenvalue weighted by atomic mass is 16.5. The first-order valence-electron chi connectivity index (χ1n) is 5.74. The Morgan fingerprint density at radius 1 is 1.05 bits per heavy atom. The highest BCUT2D eigenvalue weighted by molar-refractivity contribution is 5.81. The third-order valence-electron chi connectivity index (χ3n) is 2.50. The van der Waals surface area contributed by atoms with Crippen molar-refractivity contribution in [1.29, 1.82) is 0 Å². The van der Waals surface area contributed by atoms with Gasteiger partial charge in [0.25, 0.3) is 0 Å². The molecule has 0 saturated heterocycles. The van der Waals surface area contributed by atoms with Gasteiger partial charge in [-0.05, 0) is 35.9 Å². The molecule has 2 aromatic rings. The first-order chi connectivity index (χ1) is 9.33. The van der Waals surface area contributed by atoms with Crippen LogP contribution in [0.4, 0.5) is 5.69 Å². The van der Waals surface area contributed by atoms with Crippen molar-refractivity contribution in [1.82, 2.24) is 4.98 Å². The van der Waals surface area contributed by atoms with Gasteiger partial charge in [0.05, 0.1) is 26.1 Å². The van der Waals surface area contributed by atoms with E-state index in [0.29, 0.717) is 11.5 Å². The standard InChI is InChI=1S/C14H15N3O2/c1-18-13-4-3-11(9-14(13)19-2)10-16-17-12-5-7-15-8-6-12/h3-10H,1-2H3,(H,15,17)/b16-10+. The number of nitrogens with zero attached hydrogens (tertiary/aromatic N) is 2. The molecule has 0 aliphatic carbocycles. The molecule has 0 aliphatic rings. The summed E-state index contributed by atoms with van der Waals surface area (Å²) in [5.74, 6) is 1.37. The van der Waals surface area contributed by atoms with Gasteiger partial charge >= 0.3 is 0 Å². The minimum atomic E-state index is 0.676. The van der Waals surface area contributed by atoms with Crippen molar-refractivity contribution < 1.29 is 9.47 Å². The Bertz CT molecular complexity index is 556. The molecule has 5 nitrogen and oxygen atoms in total. The van der Waals surface area contributed by atoms with Crippen LogP contribution in [0.15, 0.2) is 47.8 Å². The van der Waals surface area contributed by atoms with Gasteiger partial charge in [0.2, 0.25) is 0 Å². The Balaban J connectivity index is 2.07. The lowest BCUT2D eigenvalue weighted by atomic mass is 10.2. The zero-order valence-corrected chi connectivity index (χ0v) is 10.8. The molecule has 5 heteroatoms. The minimum Gasteiger partial charge on any atom is -0.493 e. The first-order valence-corrected chi connectivity index (χ1v) is 5.74. The maximum Gasteiger partial charge on any atom is 0.161 e. The lowest BCUT2D eigenvalue weighted by Crippen LogP contribution is -1.94. The molecule has 2 rings (SSSR count). The molecule has 0 atom stereocenters. The molecule has 98 valence electrons. The van der Waals surface area contributed by atoms with Gasteiger partial charge in [0, 0.05) is 12.4 Å². The van der Waals surface area contributed by atoms with E-state index >= 15 is 0 Å². The van der Waals surface area contributed by atoms with Gasteiger partial charge in [-0.3, -0.25) is 10.4 Å². The van der Waals surface area contributed by atoms with Crippen LogP contribution in [0.1, 0.15) is 5.56 Å². The molecule has 0 spiro atoms. The molecule has 0 saturated carbocycles. The Kier molecular flexibility index (Phi) is 4.34. The molecule has 19 heavy (non-hydrogen) atoms. The molecule has 0 bridgehead atoms. The summed E-state index contributed by atoms with van der Waals surface area (Å²) in [4.78, 5) is 3.93. The third-order valence-corrected chi connectivity index (χ3v) is 2.50. The van der Waals surface area contributed by atoms with E-state index in [1.54, 1.807) is 32.8 Å². The maximum atomic E-state index is 5.23. The number of rotatable bonds is 5. The van der Waals surface area contributed by atoms with E-state index < -0.39 is 0 Å². The number of nitrogens with one attached hydrogen (secondary N) is 1. The average molecular weight is 257 g/mol. The Labute approximate surface area is 111 Å². The summed E-state index contributed by atoms with van der Waals surface area (Å²) in [5.41, 5.74) is 4.71. The fourth-order valence-electron chi connectivity index (χ4n) is 1.54. The zero-order valence-electron chi connectivity index (χ0n) is 10.8. The van der Waals surface area contributed by atoms with Gasteiger partial charge in [-0.1, -0.05) is 0 Å². The van der Waals surface area contributed by atoms with Gasteiger partial charge < -0.3 is 9.47 Å². The molecule has 1 aromatic carbocycles. The smallest absolute Gasteiger partial charge is 0.161 e. The van der Waals surface area contributed by atoms with Crippen LogP contribution in [0.5, 0.6) is 11.5 Å². The Hall–Kier alpha value is -2.56. The van der Waals surface area contributed by atoms with E-state index in [1.807, 2.05) is 30.3 Å². The summed E-state index contributed by atoms with van der Waals surface area (Å²) in [7, 11) is 3.21. The maximum absolute atomic E-state index is 5.23. The average Bonchev–Trinajstić information content (AvgIpc) is 2.48. The number of methoxy groups -OCH3 is 2. The molecule has 0 amide bonds. The third kappa shape index (κ3) is 3.45.